The number of hydrogen-bond donors (Lipinski definition) is 2. The summed E-state index contributed by atoms with van der Waals surface area (Å²) >= 11 is 11.1. The number of rotatable bonds is 3. The van der Waals surface area contributed by atoms with Crippen molar-refractivity contribution in [3.05, 3.63) is 47.0 Å². The summed E-state index contributed by atoms with van der Waals surface area (Å²) < 4.78 is 47.2. The zero-order valence-corrected chi connectivity index (χ0v) is 15.9. The van der Waals surface area contributed by atoms with Crippen LogP contribution in [0.4, 0.5) is 0 Å². The fraction of sp³-hybridized carbons (Fsp3) is 0. The van der Waals surface area contributed by atoms with Crippen LogP contribution in [0.2, 0.25) is 10.0 Å². The summed E-state index contributed by atoms with van der Waals surface area (Å²) in [5.41, 5.74) is 9.90. The standard InChI is InChI=1S/C6H7ClN4O2S.C5H3Cl2NO2S/c7-4-1-2-10-3-5(4)14(12,13)11-6(8)9;6-4-1-2-8-3-5(4)11(7,9)10/h1-3H,(H4,8,9,11);1-3H. The van der Waals surface area contributed by atoms with Crippen molar-refractivity contribution >= 4 is 58.9 Å². The van der Waals surface area contributed by atoms with Crippen LogP contribution in [-0.4, -0.2) is 32.8 Å². The minimum absolute atomic E-state index is 0.0185. The predicted molar refractivity (Wildman–Crippen MR) is 94.5 cm³/mol. The number of nitrogens with zero attached hydrogens (tertiary/aromatic N) is 3. The summed E-state index contributed by atoms with van der Waals surface area (Å²) in [4.78, 5) is 6.78. The number of hydrogen-bond acceptors (Lipinski definition) is 6. The summed E-state index contributed by atoms with van der Waals surface area (Å²) in [5.74, 6) is -0.551. The maximum Gasteiger partial charge on any atom is 0.288 e. The molecule has 136 valence electrons. The predicted octanol–water partition coefficient (Wildman–Crippen LogP) is 1.36. The largest absolute Gasteiger partial charge is 0.369 e. The molecule has 0 amide bonds. The molecular formula is C11H10Cl3N5O4S2. The van der Waals surface area contributed by atoms with Crippen molar-refractivity contribution in [2.45, 2.75) is 9.79 Å². The van der Waals surface area contributed by atoms with Gasteiger partial charge in [0.15, 0.2) is 0 Å². The highest BCUT2D eigenvalue weighted by molar-refractivity contribution is 8.13. The third-order valence-corrected chi connectivity index (χ3v) is 5.80. The van der Waals surface area contributed by atoms with E-state index in [4.69, 9.17) is 45.4 Å². The molecule has 0 unspecified atom stereocenters. The lowest BCUT2D eigenvalue weighted by Crippen LogP contribution is -2.24. The SMILES string of the molecule is NC(N)=NS(=O)(=O)c1cnccc1Cl.O=S(=O)(Cl)c1cnccc1Cl. The molecule has 25 heavy (non-hydrogen) atoms. The maximum absolute atomic E-state index is 11.4. The van der Waals surface area contributed by atoms with Gasteiger partial charge in [-0.1, -0.05) is 23.2 Å². The lowest BCUT2D eigenvalue weighted by atomic mass is 10.5. The molecule has 2 aromatic heterocycles. The Labute approximate surface area is 158 Å². The molecule has 4 N–H and O–H groups in total. The van der Waals surface area contributed by atoms with Gasteiger partial charge < -0.3 is 11.5 Å². The number of sulfonamides is 1. The molecular weight excluding hydrogens is 437 g/mol. The maximum atomic E-state index is 11.4. The molecule has 0 aliphatic rings. The first-order valence-corrected chi connectivity index (χ1v) is 10.5. The Morgan fingerprint density at radius 2 is 1.36 bits per heavy atom. The normalized spacial score (nSPS) is 11.2. The van der Waals surface area contributed by atoms with Crippen molar-refractivity contribution in [1.82, 2.24) is 9.97 Å². The Hall–Kier alpha value is -1.66. The van der Waals surface area contributed by atoms with Gasteiger partial charge in [-0.2, -0.15) is 8.42 Å². The van der Waals surface area contributed by atoms with Crippen LogP contribution >= 0.6 is 33.9 Å². The van der Waals surface area contributed by atoms with Crippen molar-refractivity contribution in [3.8, 4) is 0 Å². The summed E-state index contributed by atoms with van der Waals surface area (Å²) in [6.07, 6.45) is 4.92. The topological polar surface area (TPSA) is 158 Å². The smallest absolute Gasteiger partial charge is 0.288 e. The number of aromatic nitrogens is 2. The van der Waals surface area contributed by atoms with Crippen LogP contribution in [0, 0.1) is 0 Å². The highest BCUT2D eigenvalue weighted by atomic mass is 35.7. The van der Waals surface area contributed by atoms with E-state index >= 15 is 0 Å². The van der Waals surface area contributed by atoms with E-state index in [1.54, 1.807) is 0 Å². The molecule has 2 rings (SSSR count). The molecule has 9 nitrogen and oxygen atoms in total. The number of guanidine groups is 1. The molecule has 0 spiro atoms. The Morgan fingerprint density at radius 1 is 0.920 bits per heavy atom. The first kappa shape index (κ1) is 21.4. The van der Waals surface area contributed by atoms with Crippen molar-refractivity contribution < 1.29 is 16.8 Å². The minimum atomic E-state index is -3.95. The number of nitrogens with two attached hydrogens (primary N) is 2. The average molecular weight is 447 g/mol. The average Bonchev–Trinajstić information content (AvgIpc) is 2.46. The Bertz CT molecular complexity index is 992. The first-order valence-electron chi connectivity index (χ1n) is 5.94. The van der Waals surface area contributed by atoms with Crippen LogP contribution in [0.25, 0.3) is 0 Å². The molecule has 2 heterocycles. The van der Waals surface area contributed by atoms with Gasteiger partial charge in [0, 0.05) is 35.5 Å². The van der Waals surface area contributed by atoms with Crippen LogP contribution in [0.5, 0.6) is 0 Å². The fourth-order valence-electron chi connectivity index (χ4n) is 1.28. The summed E-state index contributed by atoms with van der Waals surface area (Å²) in [6, 6.07) is 2.69. The monoisotopic (exact) mass is 445 g/mol. The molecule has 0 saturated carbocycles. The minimum Gasteiger partial charge on any atom is -0.369 e. The second kappa shape index (κ2) is 8.63. The van der Waals surface area contributed by atoms with Gasteiger partial charge in [0.25, 0.3) is 19.1 Å². The van der Waals surface area contributed by atoms with Gasteiger partial charge >= 0.3 is 0 Å². The quantitative estimate of drug-likeness (QED) is 0.406. The van der Waals surface area contributed by atoms with E-state index in [-0.39, 0.29) is 19.8 Å². The molecule has 0 radical (unpaired) electrons. The van der Waals surface area contributed by atoms with E-state index < -0.39 is 25.0 Å². The molecule has 0 aliphatic heterocycles. The molecule has 0 bridgehead atoms. The fourth-order valence-corrected chi connectivity index (χ4v) is 3.95. The summed E-state index contributed by atoms with van der Waals surface area (Å²) in [6.45, 7) is 0. The molecule has 2 aromatic rings. The van der Waals surface area contributed by atoms with Crippen LogP contribution in [-0.2, 0) is 19.1 Å². The van der Waals surface area contributed by atoms with Crippen LogP contribution < -0.4 is 11.5 Å². The van der Waals surface area contributed by atoms with E-state index in [1.807, 2.05) is 0 Å². The summed E-state index contributed by atoms with van der Waals surface area (Å²) in [5, 5.41) is 0.0972. The van der Waals surface area contributed by atoms with Crippen LogP contribution in [0.3, 0.4) is 0 Å². The second-order valence-corrected chi connectivity index (χ2v) is 8.96. The third-order valence-electron chi connectivity index (χ3n) is 2.23. The molecule has 0 fully saturated rings. The van der Waals surface area contributed by atoms with E-state index in [2.05, 4.69) is 14.4 Å². The van der Waals surface area contributed by atoms with Gasteiger partial charge in [-0.15, -0.1) is 4.40 Å². The lowest BCUT2D eigenvalue weighted by Gasteiger charge is -1.99. The lowest BCUT2D eigenvalue weighted by molar-refractivity contribution is 0.597. The van der Waals surface area contributed by atoms with E-state index in [9.17, 15) is 16.8 Å². The molecule has 0 aliphatic carbocycles. The van der Waals surface area contributed by atoms with Gasteiger partial charge in [0.05, 0.1) is 10.0 Å². The zero-order valence-electron chi connectivity index (χ0n) is 12.0. The van der Waals surface area contributed by atoms with E-state index in [1.165, 1.54) is 24.5 Å². The van der Waals surface area contributed by atoms with Crippen LogP contribution in [0.1, 0.15) is 0 Å². The molecule has 0 saturated heterocycles. The van der Waals surface area contributed by atoms with Gasteiger partial charge in [0.2, 0.25) is 5.96 Å². The van der Waals surface area contributed by atoms with Gasteiger partial charge in [-0.25, -0.2) is 8.42 Å². The highest BCUT2D eigenvalue weighted by Gasteiger charge is 2.17. The van der Waals surface area contributed by atoms with Gasteiger partial charge in [-0.05, 0) is 12.1 Å². The van der Waals surface area contributed by atoms with Gasteiger partial charge in [0.1, 0.15) is 9.79 Å². The molecule has 0 aromatic carbocycles. The van der Waals surface area contributed by atoms with Crippen molar-refractivity contribution in [3.63, 3.8) is 0 Å². The first-order chi connectivity index (χ1) is 11.4. The number of pyridine rings is 2. The Balaban J connectivity index is 0.000000257. The van der Waals surface area contributed by atoms with Crippen molar-refractivity contribution in [1.29, 1.82) is 0 Å². The molecule has 0 atom stereocenters. The molecule has 14 heteroatoms. The van der Waals surface area contributed by atoms with Crippen molar-refractivity contribution in [2.24, 2.45) is 15.9 Å². The van der Waals surface area contributed by atoms with Gasteiger partial charge in [-0.3, -0.25) is 9.97 Å². The highest BCUT2D eigenvalue weighted by Crippen LogP contribution is 2.22. The Kier molecular flexibility index (Phi) is 7.38. The Morgan fingerprint density at radius 3 is 1.68 bits per heavy atom. The van der Waals surface area contributed by atoms with Crippen molar-refractivity contribution in [2.75, 3.05) is 0 Å². The summed E-state index contributed by atoms with van der Waals surface area (Å²) in [7, 11) is -2.69. The number of halogens is 3. The van der Waals surface area contributed by atoms with Crippen LogP contribution in [0.15, 0.2) is 51.1 Å². The third kappa shape index (κ3) is 6.63. The zero-order chi connectivity index (χ0) is 19.3. The van der Waals surface area contributed by atoms with E-state index in [0.717, 1.165) is 12.4 Å². The van der Waals surface area contributed by atoms with E-state index in [0.29, 0.717) is 0 Å². The second-order valence-electron chi connectivity index (χ2n) is 4.04.